The smallest absolute Gasteiger partial charge is 0.164 e. The maximum atomic E-state index is 13.0. The first kappa shape index (κ1) is 12.5. The standard InChI is InChI=1S/C13H15ClFNO/c14-11-7-9(4-5-12(11)15)13(17)8-10-3-1-2-6-16-10/h4-5,7,10,16H,1-3,6,8H2. The van der Waals surface area contributed by atoms with Gasteiger partial charge < -0.3 is 5.32 Å². The third-order valence-corrected chi connectivity index (χ3v) is 3.38. The molecule has 0 saturated carbocycles. The maximum Gasteiger partial charge on any atom is 0.164 e. The molecule has 0 aliphatic carbocycles. The molecule has 2 nitrogen and oxygen atoms in total. The van der Waals surface area contributed by atoms with E-state index >= 15 is 0 Å². The molecular weight excluding hydrogens is 241 g/mol. The van der Waals surface area contributed by atoms with E-state index in [4.69, 9.17) is 11.6 Å². The summed E-state index contributed by atoms with van der Waals surface area (Å²) in [6, 6.07) is 4.39. The number of carbonyl (C=O) groups is 1. The normalized spacial score (nSPS) is 20.2. The van der Waals surface area contributed by atoms with Crippen molar-refractivity contribution in [1.82, 2.24) is 5.32 Å². The molecule has 1 aliphatic rings. The molecule has 1 aliphatic heterocycles. The monoisotopic (exact) mass is 255 g/mol. The molecule has 1 atom stereocenters. The van der Waals surface area contributed by atoms with Gasteiger partial charge in [0.15, 0.2) is 5.78 Å². The fourth-order valence-corrected chi connectivity index (χ4v) is 2.29. The first-order chi connectivity index (χ1) is 8.16. The van der Waals surface area contributed by atoms with Crippen LogP contribution >= 0.6 is 11.6 Å². The molecule has 1 saturated heterocycles. The average molecular weight is 256 g/mol. The van der Waals surface area contributed by atoms with E-state index in [-0.39, 0.29) is 16.8 Å². The Kier molecular flexibility index (Phi) is 4.13. The summed E-state index contributed by atoms with van der Waals surface area (Å²) in [5, 5.41) is 3.32. The van der Waals surface area contributed by atoms with Crippen molar-refractivity contribution in [3.8, 4) is 0 Å². The molecule has 1 fully saturated rings. The zero-order chi connectivity index (χ0) is 12.3. The number of rotatable bonds is 3. The Balaban J connectivity index is 2.01. The summed E-state index contributed by atoms with van der Waals surface area (Å²) in [4.78, 5) is 12.0. The van der Waals surface area contributed by atoms with Gasteiger partial charge in [0.1, 0.15) is 5.82 Å². The number of benzene rings is 1. The van der Waals surface area contributed by atoms with Crippen molar-refractivity contribution >= 4 is 17.4 Å². The summed E-state index contributed by atoms with van der Waals surface area (Å²) >= 11 is 5.66. The van der Waals surface area contributed by atoms with E-state index in [1.165, 1.54) is 24.6 Å². The van der Waals surface area contributed by atoms with Gasteiger partial charge in [0.25, 0.3) is 0 Å². The van der Waals surface area contributed by atoms with E-state index in [0.29, 0.717) is 12.0 Å². The lowest BCUT2D eigenvalue weighted by Gasteiger charge is -2.22. The van der Waals surface area contributed by atoms with E-state index in [2.05, 4.69) is 5.32 Å². The molecule has 1 heterocycles. The molecule has 1 aromatic rings. The summed E-state index contributed by atoms with van der Waals surface area (Å²) in [6.45, 7) is 0.974. The van der Waals surface area contributed by atoms with Crippen LogP contribution in [-0.2, 0) is 0 Å². The molecule has 0 amide bonds. The number of halogens is 2. The SMILES string of the molecule is O=C(CC1CCCCN1)c1ccc(F)c(Cl)c1. The highest BCUT2D eigenvalue weighted by molar-refractivity contribution is 6.31. The van der Waals surface area contributed by atoms with E-state index in [9.17, 15) is 9.18 Å². The lowest BCUT2D eigenvalue weighted by molar-refractivity contribution is 0.0963. The minimum absolute atomic E-state index is 0.00690. The number of hydrogen-bond donors (Lipinski definition) is 1. The minimum atomic E-state index is -0.487. The first-order valence-electron chi connectivity index (χ1n) is 5.88. The highest BCUT2D eigenvalue weighted by Gasteiger charge is 2.17. The van der Waals surface area contributed by atoms with Crippen molar-refractivity contribution in [3.05, 3.63) is 34.6 Å². The van der Waals surface area contributed by atoms with E-state index in [0.717, 1.165) is 19.4 Å². The molecule has 1 aromatic carbocycles. The molecule has 4 heteroatoms. The number of ketones is 1. The molecular formula is C13H15ClFNO. The van der Waals surface area contributed by atoms with Gasteiger partial charge in [0.05, 0.1) is 5.02 Å². The van der Waals surface area contributed by atoms with Crippen LogP contribution in [0.2, 0.25) is 5.02 Å². The van der Waals surface area contributed by atoms with Crippen LogP contribution in [0.15, 0.2) is 18.2 Å². The number of hydrogen-bond acceptors (Lipinski definition) is 2. The van der Waals surface area contributed by atoms with Crippen LogP contribution in [0.3, 0.4) is 0 Å². The number of nitrogens with one attached hydrogen (secondary N) is 1. The first-order valence-corrected chi connectivity index (χ1v) is 6.26. The third-order valence-electron chi connectivity index (χ3n) is 3.09. The molecule has 0 radical (unpaired) electrons. The second-order valence-electron chi connectivity index (χ2n) is 4.40. The Bertz CT molecular complexity index is 416. The van der Waals surface area contributed by atoms with Crippen LogP contribution in [0.5, 0.6) is 0 Å². The van der Waals surface area contributed by atoms with Gasteiger partial charge in [0, 0.05) is 18.0 Å². The molecule has 17 heavy (non-hydrogen) atoms. The molecule has 1 unspecified atom stereocenters. The van der Waals surface area contributed by atoms with E-state index in [1.54, 1.807) is 0 Å². The van der Waals surface area contributed by atoms with Gasteiger partial charge in [-0.1, -0.05) is 18.0 Å². The van der Waals surface area contributed by atoms with Gasteiger partial charge in [-0.25, -0.2) is 4.39 Å². The number of piperidine rings is 1. The fraction of sp³-hybridized carbons (Fsp3) is 0.462. The van der Waals surface area contributed by atoms with Crippen molar-refractivity contribution in [3.63, 3.8) is 0 Å². The quantitative estimate of drug-likeness (QED) is 0.841. The average Bonchev–Trinajstić information content (AvgIpc) is 2.34. The van der Waals surface area contributed by atoms with Gasteiger partial charge in [-0.2, -0.15) is 0 Å². The molecule has 0 aromatic heterocycles. The summed E-state index contributed by atoms with van der Waals surface area (Å²) in [7, 11) is 0. The minimum Gasteiger partial charge on any atom is -0.314 e. The topological polar surface area (TPSA) is 29.1 Å². The Morgan fingerprint density at radius 2 is 2.29 bits per heavy atom. The van der Waals surface area contributed by atoms with Crippen molar-refractivity contribution in [2.24, 2.45) is 0 Å². The predicted octanol–water partition coefficient (Wildman–Crippen LogP) is 3.19. The van der Waals surface area contributed by atoms with Crippen LogP contribution in [-0.4, -0.2) is 18.4 Å². The molecule has 1 N–H and O–H groups in total. The zero-order valence-electron chi connectivity index (χ0n) is 9.51. The second-order valence-corrected chi connectivity index (χ2v) is 4.81. The second kappa shape index (κ2) is 5.61. The van der Waals surface area contributed by atoms with Gasteiger partial charge in [-0.15, -0.1) is 0 Å². The summed E-state index contributed by atoms with van der Waals surface area (Å²) in [6.07, 6.45) is 3.82. The van der Waals surface area contributed by atoms with E-state index < -0.39 is 5.82 Å². The summed E-state index contributed by atoms with van der Waals surface area (Å²) in [5.41, 5.74) is 0.490. The van der Waals surface area contributed by atoms with Crippen LogP contribution in [0, 0.1) is 5.82 Å². The Hall–Kier alpha value is -0.930. The molecule has 0 spiro atoms. The van der Waals surface area contributed by atoms with Crippen molar-refractivity contribution in [2.45, 2.75) is 31.7 Å². The van der Waals surface area contributed by atoms with Crippen LogP contribution in [0.25, 0.3) is 0 Å². The van der Waals surface area contributed by atoms with Crippen molar-refractivity contribution in [1.29, 1.82) is 0 Å². The summed E-state index contributed by atoms with van der Waals surface area (Å²) < 4.78 is 13.0. The van der Waals surface area contributed by atoms with Crippen LogP contribution < -0.4 is 5.32 Å². The lowest BCUT2D eigenvalue weighted by atomic mass is 9.97. The van der Waals surface area contributed by atoms with Crippen LogP contribution in [0.1, 0.15) is 36.0 Å². The van der Waals surface area contributed by atoms with Gasteiger partial charge in [-0.05, 0) is 37.6 Å². The molecule has 0 bridgehead atoms. The van der Waals surface area contributed by atoms with Gasteiger partial charge >= 0.3 is 0 Å². The lowest BCUT2D eigenvalue weighted by Crippen LogP contribution is -2.35. The fourth-order valence-electron chi connectivity index (χ4n) is 2.11. The highest BCUT2D eigenvalue weighted by atomic mass is 35.5. The van der Waals surface area contributed by atoms with Crippen molar-refractivity contribution < 1.29 is 9.18 Å². The Morgan fingerprint density at radius 1 is 1.47 bits per heavy atom. The number of carbonyl (C=O) groups excluding carboxylic acids is 1. The summed E-state index contributed by atoms with van der Waals surface area (Å²) in [5.74, 6) is -0.467. The van der Waals surface area contributed by atoms with Crippen LogP contribution in [0.4, 0.5) is 4.39 Å². The highest BCUT2D eigenvalue weighted by Crippen LogP contribution is 2.19. The Morgan fingerprint density at radius 3 is 2.94 bits per heavy atom. The zero-order valence-corrected chi connectivity index (χ0v) is 10.3. The molecule has 2 rings (SSSR count). The molecule has 92 valence electrons. The van der Waals surface area contributed by atoms with E-state index in [1.807, 2.05) is 0 Å². The maximum absolute atomic E-state index is 13.0. The van der Waals surface area contributed by atoms with Gasteiger partial charge in [0.2, 0.25) is 0 Å². The number of Topliss-reactive ketones (excluding diaryl/α,β-unsaturated/α-hetero) is 1. The van der Waals surface area contributed by atoms with Gasteiger partial charge in [-0.3, -0.25) is 4.79 Å². The van der Waals surface area contributed by atoms with Crippen molar-refractivity contribution in [2.75, 3.05) is 6.54 Å². The Labute approximate surface area is 105 Å². The largest absolute Gasteiger partial charge is 0.314 e. The third kappa shape index (κ3) is 3.27. The predicted molar refractivity (Wildman–Crippen MR) is 66.0 cm³/mol.